The van der Waals surface area contributed by atoms with Crippen molar-refractivity contribution in [2.45, 2.75) is 12.8 Å². The third-order valence-electron chi connectivity index (χ3n) is 2.44. The van der Waals surface area contributed by atoms with Gasteiger partial charge < -0.3 is 0 Å². The molecule has 0 spiro atoms. The number of thiophene rings is 1. The molecule has 2 heterocycles. The van der Waals surface area contributed by atoms with Crippen molar-refractivity contribution in [1.82, 2.24) is 4.98 Å². The Morgan fingerprint density at radius 3 is 2.62 bits per heavy atom. The van der Waals surface area contributed by atoms with E-state index in [2.05, 4.69) is 4.98 Å². The van der Waals surface area contributed by atoms with Crippen molar-refractivity contribution in [2.75, 3.05) is 0 Å². The highest BCUT2D eigenvalue weighted by molar-refractivity contribution is 7.12. The highest BCUT2D eigenvalue weighted by Crippen LogP contribution is 2.28. The van der Waals surface area contributed by atoms with Gasteiger partial charge in [-0.25, -0.2) is 0 Å². The van der Waals surface area contributed by atoms with E-state index in [4.69, 9.17) is 11.6 Å². The van der Waals surface area contributed by atoms with Crippen molar-refractivity contribution < 1.29 is 4.79 Å². The fourth-order valence-corrected chi connectivity index (χ4v) is 2.65. The summed E-state index contributed by atoms with van der Waals surface area (Å²) in [5.41, 5.74) is 0.962. The molecule has 1 atom stereocenters. The fraction of sp³-hybridized carbons (Fsp3) is 0.167. The maximum atomic E-state index is 12.1. The lowest BCUT2D eigenvalue weighted by molar-refractivity contribution is 0.0970. The summed E-state index contributed by atoms with van der Waals surface area (Å²) < 4.78 is 0. The summed E-state index contributed by atoms with van der Waals surface area (Å²) in [4.78, 5) is 16.7. The summed E-state index contributed by atoms with van der Waals surface area (Å²) in [7, 11) is 0. The van der Waals surface area contributed by atoms with E-state index in [1.165, 1.54) is 11.3 Å². The monoisotopic (exact) mass is 251 g/mol. The van der Waals surface area contributed by atoms with Crippen LogP contribution in [0, 0.1) is 0 Å². The van der Waals surface area contributed by atoms with Crippen LogP contribution in [-0.4, -0.2) is 10.8 Å². The second kappa shape index (κ2) is 4.76. The number of hydrogen-bond donors (Lipinski definition) is 0. The number of pyridine rings is 1. The number of carbonyl (C=O) groups excluding carboxylic acids is 1. The number of aromatic nitrogens is 1. The van der Waals surface area contributed by atoms with Crippen LogP contribution in [-0.2, 0) is 0 Å². The van der Waals surface area contributed by atoms with Crippen LogP contribution in [0.1, 0.15) is 28.1 Å². The molecule has 0 bridgehead atoms. The lowest BCUT2D eigenvalue weighted by Gasteiger charge is -2.09. The van der Waals surface area contributed by atoms with Crippen molar-refractivity contribution in [3.63, 3.8) is 0 Å². The van der Waals surface area contributed by atoms with Gasteiger partial charge in [0.25, 0.3) is 0 Å². The lowest BCUT2D eigenvalue weighted by Crippen LogP contribution is -2.08. The quantitative estimate of drug-likeness (QED) is 0.777. The van der Waals surface area contributed by atoms with Crippen LogP contribution in [0.5, 0.6) is 0 Å². The van der Waals surface area contributed by atoms with Crippen LogP contribution >= 0.6 is 22.9 Å². The Bertz CT molecular complexity index is 495. The molecule has 0 aliphatic rings. The topological polar surface area (TPSA) is 30.0 Å². The molecule has 0 fully saturated rings. The summed E-state index contributed by atoms with van der Waals surface area (Å²) >= 11 is 7.33. The van der Waals surface area contributed by atoms with Crippen molar-refractivity contribution >= 4 is 28.7 Å². The van der Waals surface area contributed by atoms with E-state index in [9.17, 15) is 4.79 Å². The first-order valence-electron chi connectivity index (χ1n) is 4.87. The van der Waals surface area contributed by atoms with Crippen LogP contribution in [0.25, 0.3) is 0 Å². The molecule has 2 rings (SSSR count). The zero-order chi connectivity index (χ0) is 11.5. The van der Waals surface area contributed by atoms with E-state index >= 15 is 0 Å². The first kappa shape index (κ1) is 11.3. The van der Waals surface area contributed by atoms with E-state index < -0.39 is 0 Å². The number of Topliss-reactive ketones (excluding diaryl/α,β-unsaturated/α-hetero) is 1. The van der Waals surface area contributed by atoms with Crippen molar-refractivity contribution in [1.29, 1.82) is 0 Å². The van der Waals surface area contributed by atoms with Crippen LogP contribution < -0.4 is 0 Å². The smallest absolute Gasteiger partial charge is 0.181 e. The van der Waals surface area contributed by atoms with E-state index in [1.807, 2.05) is 24.4 Å². The Kier molecular flexibility index (Phi) is 3.36. The maximum Gasteiger partial charge on any atom is 0.181 e. The largest absolute Gasteiger partial charge is 0.293 e. The van der Waals surface area contributed by atoms with Gasteiger partial charge in [0.2, 0.25) is 0 Å². The predicted octanol–water partition coefficient (Wildman–Crippen LogP) is 3.78. The van der Waals surface area contributed by atoms with Crippen molar-refractivity contribution in [2.24, 2.45) is 0 Å². The molecule has 0 N–H and O–H groups in total. The molecule has 16 heavy (non-hydrogen) atoms. The molecule has 2 nitrogen and oxygen atoms in total. The first-order valence-corrected chi connectivity index (χ1v) is 6.13. The third-order valence-corrected chi connectivity index (χ3v) is 3.80. The molecule has 2 aromatic rings. The Labute approximate surface area is 103 Å². The molecule has 2 aromatic heterocycles. The molecule has 0 amide bonds. The van der Waals surface area contributed by atoms with Gasteiger partial charge in [0, 0.05) is 18.3 Å². The van der Waals surface area contributed by atoms with Crippen LogP contribution in [0.4, 0.5) is 0 Å². The highest BCUT2D eigenvalue weighted by Gasteiger charge is 2.20. The molecule has 0 aromatic carbocycles. The summed E-state index contributed by atoms with van der Waals surface area (Å²) in [6, 6.07) is 5.45. The number of halogens is 1. The van der Waals surface area contributed by atoms with Gasteiger partial charge in [-0.3, -0.25) is 9.78 Å². The minimum Gasteiger partial charge on any atom is -0.293 e. The van der Waals surface area contributed by atoms with Gasteiger partial charge in [0.1, 0.15) is 0 Å². The summed E-state index contributed by atoms with van der Waals surface area (Å²) in [5.74, 6) is -0.120. The van der Waals surface area contributed by atoms with E-state index in [0.717, 1.165) is 5.56 Å². The molecule has 0 aliphatic carbocycles. The Balaban J connectivity index is 2.27. The standard InChI is InChI=1S/C12H10ClNOS/c1-8(9-2-5-14-6-3-9)11(15)12-10(13)4-7-16-12/h2-8H,1H3. The molecule has 0 saturated carbocycles. The molecule has 0 saturated heterocycles. The Morgan fingerprint density at radius 2 is 2.06 bits per heavy atom. The Hall–Kier alpha value is -1.19. The van der Waals surface area contributed by atoms with Gasteiger partial charge in [-0.15, -0.1) is 11.3 Å². The van der Waals surface area contributed by atoms with Crippen LogP contribution in [0.15, 0.2) is 36.0 Å². The normalized spacial score (nSPS) is 12.4. The van der Waals surface area contributed by atoms with E-state index in [-0.39, 0.29) is 11.7 Å². The lowest BCUT2D eigenvalue weighted by atomic mass is 9.97. The van der Waals surface area contributed by atoms with E-state index in [1.54, 1.807) is 18.5 Å². The molecular weight excluding hydrogens is 242 g/mol. The van der Waals surface area contributed by atoms with Gasteiger partial charge in [-0.2, -0.15) is 0 Å². The fourth-order valence-electron chi connectivity index (χ4n) is 1.47. The van der Waals surface area contributed by atoms with Crippen LogP contribution in [0.3, 0.4) is 0 Å². The molecule has 4 heteroatoms. The molecular formula is C12H10ClNOS. The molecule has 1 unspecified atom stereocenters. The second-order valence-corrected chi connectivity index (χ2v) is 4.79. The van der Waals surface area contributed by atoms with Gasteiger partial charge >= 0.3 is 0 Å². The summed E-state index contributed by atoms with van der Waals surface area (Å²) in [6.45, 7) is 1.88. The first-order chi connectivity index (χ1) is 7.70. The number of hydrogen-bond acceptors (Lipinski definition) is 3. The number of carbonyl (C=O) groups is 1. The van der Waals surface area contributed by atoms with Gasteiger partial charge in [-0.05, 0) is 29.1 Å². The number of rotatable bonds is 3. The number of ketones is 1. The maximum absolute atomic E-state index is 12.1. The van der Waals surface area contributed by atoms with Gasteiger partial charge in [0.15, 0.2) is 5.78 Å². The second-order valence-electron chi connectivity index (χ2n) is 3.46. The van der Waals surface area contributed by atoms with E-state index in [0.29, 0.717) is 9.90 Å². The average Bonchev–Trinajstić information content (AvgIpc) is 2.75. The third kappa shape index (κ3) is 2.15. The van der Waals surface area contributed by atoms with Crippen LogP contribution in [0.2, 0.25) is 5.02 Å². The van der Waals surface area contributed by atoms with Gasteiger partial charge in [0.05, 0.1) is 9.90 Å². The molecule has 0 radical (unpaired) electrons. The molecule has 82 valence electrons. The number of nitrogens with zero attached hydrogens (tertiary/aromatic N) is 1. The zero-order valence-electron chi connectivity index (χ0n) is 8.68. The SMILES string of the molecule is CC(C(=O)c1sccc1Cl)c1ccncc1. The molecule has 0 aliphatic heterocycles. The minimum absolute atomic E-state index is 0.0613. The Morgan fingerprint density at radius 1 is 1.38 bits per heavy atom. The van der Waals surface area contributed by atoms with Crippen molar-refractivity contribution in [3.8, 4) is 0 Å². The summed E-state index contributed by atoms with van der Waals surface area (Å²) in [5, 5.41) is 2.37. The zero-order valence-corrected chi connectivity index (χ0v) is 10.3. The average molecular weight is 252 g/mol. The minimum atomic E-state index is -0.181. The predicted molar refractivity (Wildman–Crippen MR) is 66.3 cm³/mol. The van der Waals surface area contributed by atoms with Gasteiger partial charge in [-0.1, -0.05) is 18.5 Å². The summed E-state index contributed by atoms with van der Waals surface area (Å²) in [6.07, 6.45) is 3.38. The highest BCUT2D eigenvalue weighted by atomic mass is 35.5. The van der Waals surface area contributed by atoms with Crippen molar-refractivity contribution in [3.05, 3.63) is 51.4 Å².